The molecular formula is C42H38F3N3O6. The molecule has 0 saturated carbocycles. The second kappa shape index (κ2) is 18.0. The molecule has 1 aliphatic carbocycles. The second-order valence-corrected chi connectivity index (χ2v) is 12.5. The fourth-order valence-electron chi connectivity index (χ4n) is 6.04. The number of aryl methyl sites for hydroxylation is 1. The van der Waals surface area contributed by atoms with Crippen LogP contribution in [0, 0.1) is 0 Å². The number of para-hydroxylation sites is 2. The summed E-state index contributed by atoms with van der Waals surface area (Å²) in [7, 11) is 0. The number of nitrogens with zero attached hydrogens (tertiary/aromatic N) is 1. The van der Waals surface area contributed by atoms with E-state index < -0.39 is 12.1 Å². The van der Waals surface area contributed by atoms with Gasteiger partial charge in [-0.3, -0.25) is 14.4 Å². The molecule has 1 aliphatic rings. The number of carbonyl (C=O) groups excluding carboxylic acids is 3. The minimum atomic E-state index is -5.08. The first kappa shape index (κ1) is 38.9. The Labute approximate surface area is 310 Å². The number of ether oxygens (including phenoxy) is 1. The van der Waals surface area contributed by atoms with E-state index in [1.54, 1.807) is 11.0 Å². The van der Waals surface area contributed by atoms with Crippen molar-refractivity contribution in [1.82, 2.24) is 5.32 Å². The lowest BCUT2D eigenvalue weighted by atomic mass is 10.0. The third-order valence-corrected chi connectivity index (χ3v) is 8.75. The number of rotatable bonds is 12. The number of alkyl halides is 3. The van der Waals surface area contributed by atoms with E-state index in [-0.39, 0.29) is 37.2 Å². The van der Waals surface area contributed by atoms with Crippen LogP contribution in [0.2, 0.25) is 0 Å². The number of aldehydes is 1. The summed E-state index contributed by atoms with van der Waals surface area (Å²) in [4.78, 5) is 48.9. The lowest BCUT2D eigenvalue weighted by Gasteiger charge is -2.26. The highest BCUT2D eigenvalue weighted by Gasteiger charge is 2.38. The van der Waals surface area contributed by atoms with Crippen LogP contribution < -0.4 is 20.7 Å². The third-order valence-electron chi connectivity index (χ3n) is 8.75. The van der Waals surface area contributed by atoms with Crippen molar-refractivity contribution in [3.8, 4) is 22.6 Å². The number of fused-ring (bicyclic) bond motifs is 1. The van der Waals surface area contributed by atoms with Crippen LogP contribution in [-0.4, -0.2) is 35.4 Å². The molecular weight excluding hydrogens is 699 g/mol. The molecule has 2 amide bonds. The number of amides is 2. The molecule has 0 spiro atoms. The van der Waals surface area contributed by atoms with Crippen LogP contribution in [0.25, 0.3) is 11.1 Å². The Balaban J connectivity index is 0.000000730. The van der Waals surface area contributed by atoms with Crippen molar-refractivity contribution < 1.29 is 42.2 Å². The molecule has 278 valence electrons. The zero-order valence-corrected chi connectivity index (χ0v) is 29.1. The van der Waals surface area contributed by atoms with E-state index in [9.17, 15) is 27.6 Å². The van der Waals surface area contributed by atoms with Gasteiger partial charge in [0.2, 0.25) is 11.8 Å². The summed E-state index contributed by atoms with van der Waals surface area (Å²) in [5, 5.41) is 10.3. The Morgan fingerprint density at radius 2 is 1.54 bits per heavy atom. The molecule has 6 rings (SSSR count). The Hall–Kier alpha value is -6.27. The van der Waals surface area contributed by atoms with Gasteiger partial charge in [0.1, 0.15) is 12.0 Å². The first-order chi connectivity index (χ1) is 25.9. The van der Waals surface area contributed by atoms with Crippen molar-refractivity contribution in [2.24, 2.45) is 5.73 Å². The van der Waals surface area contributed by atoms with Crippen molar-refractivity contribution in [2.75, 3.05) is 4.90 Å². The molecule has 1 atom stereocenters. The molecule has 0 radical (unpaired) electrons. The lowest BCUT2D eigenvalue weighted by molar-refractivity contribution is -0.192. The molecule has 0 heterocycles. The third kappa shape index (κ3) is 10.4. The summed E-state index contributed by atoms with van der Waals surface area (Å²) in [6, 6.07) is 38.5. The van der Waals surface area contributed by atoms with Crippen LogP contribution >= 0.6 is 0 Å². The lowest BCUT2D eigenvalue weighted by Crippen LogP contribution is -2.33. The van der Waals surface area contributed by atoms with Crippen LogP contribution in [0.4, 0.5) is 18.9 Å². The molecule has 0 aliphatic heterocycles. The first-order valence-electron chi connectivity index (χ1n) is 17.1. The molecule has 9 nitrogen and oxygen atoms in total. The van der Waals surface area contributed by atoms with Crippen LogP contribution in [-0.2, 0) is 33.9 Å². The van der Waals surface area contributed by atoms with Gasteiger partial charge in [0.05, 0.1) is 18.3 Å². The Bertz CT molecular complexity index is 2100. The smallest absolute Gasteiger partial charge is 0.475 e. The van der Waals surface area contributed by atoms with Gasteiger partial charge < -0.3 is 25.8 Å². The van der Waals surface area contributed by atoms with E-state index in [1.807, 2.05) is 103 Å². The standard InChI is InChI=1S/C40H37N3O4.C2HF3O2/c41-25-29-7-6-11-34(24-29)47-38-14-4-3-13-37(38)43(26-28-15-17-31(18-16-28)33-10-5-8-30(23-33)27-44)40(46)22-21-39(45)42-36-20-19-32-9-1-2-12-35(32)36;3-2(4,5)1(6)7/h1-18,23-24,27,36H,19-22,25-26,41H2,(H,42,45);(H,6,7). The van der Waals surface area contributed by atoms with Gasteiger partial charge in [0, 0.05) is 24.9 Å². The van der Waals surface area contributed by atoms with E-state index >= 15 is 0 Å². The number of anilines is 1. The predicted octanol–water partition coefficient (Wildman–Crippen LogP) is 8.17. The van der Waals surface area contributed by atoms with E-state index in [2.05, 4.69) is 17.4 Å². The number of benzene rings is 5. The number of carboxylic acid groups (broad SMARTS) is 1. The summed E-state index contributed by atoms with van der Waals surface area (Å²) in [5.41, 5.74) is 13.2. The van der Waals surface area contributed by atoms with Gasteiger partial charge in [0.15, 0.2) is 5.75 Å². The van der Waals surface area contributed by atoms with E-state index in [4.69, 9.17) is 20.4 Å². The molecule has 5 aromatic carbocycles. The van der Waals surface area contributed by atoms with Crippen LogP contribution in [0.5, 0.6) is 11.5 Å². The number of hydrogen-bond acceptors (Lipinski definition) is 6. The summed E-state index contributed by atoms with van der Waals surface area (Å²) >= 11 is 0. The highest BCUT2D eigenvalue weighted by atomic mass is 19.4. The number of nitrogens with one attached hydrogen (secondary N) is 1. The van der Waals surface area contributed by atoms with Gasteiger partial charge in [-0.05, 0) is 76.6 Å². The highest BCUT2D eigenvalue weighted by Crippen LogP contribution is 2.35. The number of carboxylic acids is 1. The SMILES string of the molecule is NCc1cccc(Oc2ccccc2N(Cc2ccc(-c3cccc(C=O)c3)cc2)C(=O)CCC(=O)NC2CCc3ccccc32)c1.O=C(O)C(F)(F)F. The summed E-state index contributed by atoms with van der Waals surface area (Å²) in [5.74, 6) is -1.96. The molecule has 12 heteroatoms. The molecule has 0 fully saturated rings. The Morgan fingerprint density at radius 1 is 0.833 bits per heavy atom. The highest BCUT2D eigenvalue weighted by molar-refractivity contribution is 5.96. The monoisotopic (exact) mass is 737 g/mol. The minimum Gasteiger partial charge on any atom is -0.475 e. The fraction of sp³-hybridized carbons (Fsp3) is 0.190. The largest absolute Gasteiger partial charge is 0.490 e. The van der Waals surface area contributed by atoms with Gasteiger partial charge in [-0.2, -0.15) is 13.2 Å². The van der Waals surface area contributed by atoms with E-state index in [1.165, 1.54) is 5.56 Å². The number of hydrogen-bond donors (Lipinski definition) is 3. The maximum Gasteiger partial charge on any atom is 0.490 e. The molecule has 54 heavy (non-hydrogen) atoms. The van der Waals surface area contributed by atoms with Gasteiger partial charge in [-0.15, -0.1) is 0 Å². The number of nitrogens with two attached hydrogens (primary N) is 1. The summed E-state index contributed by atoms with van der Waals surface area (Å²) < 4.78 is 38.0. The minimum absolute atomic E-state index is 0.0333. The molecule has 0 saturated heterocycles. The Kier molecular flexibility index (Phi) is 13.0. The van der Waals surface area contributed by atoms with Gasteiger partial charge in [-0.25, -0.2) is 4.79 Å². The van der Waals surface area contributed by atoms with Gasteiger partial charge in [-0.1, -0.05) is 91.0 Å². The summed E-state index contributed by atoms with van der Waals surface area (Å²) in [6.45, 7) is 0.654. The number of carbonyl (C=O) groups is 4. The molecule has 1 unspecified atom stereocenters. The molecule has 0 aromatic heterocycles. The van der Waals surface area contributed by atoms with Gasteiger partial charge in [0.25, 0.3) is 0 Å². The number of aliphatic carboxylic acids is 1. The van der Waals surface area contributed by atoms with Gasteiger partial charge >= 0.3 is 12.1 Å². The fourth-order valence-corrected chi connectivity index (χ4v) is 6.04. The summed E-state index contributed by atoms with van der Waals surface area (Å²) in [6.07, 6.45) is -2.35. The number of halogens is 3. The average molecular weight is 738 g/mol. The second-order valence-electron chi connectivity index (χ2n) is 12.5. The van der Waals surface area contributed by atoms with Crippen LogP contribution in [0.1, 0.15) is 57.9 Å². The molecule has 0 bridgehead atoms. The van der Waals surface area contributed by atoms with Crippen LogP contribution in [0.15, 0.2) is 121 Å². The maximum atomic E-state index is 14.0. The molecule has 4 N–H and O–H groups in total. The van der Waals surface area contributed by atoms with Crippen molar-refractivity contribution in [1.29, 1.82) is 0 Å². The van der Waals surface area contributed by atoms with Crippen molar-refractivity contribution >= 4 is 29.8 Å². The zero-order valence-electron chi connectivity index (χ0n) is 29.1. The van der Waals surface area contributed by atoms with E-state index in [0.29, 0.717) is 29.3 Å². The van der Waals surface area contributed by atoms with Crippen molar-refractivity contribution in [3.05, 3.63) is 149 Å². The maximum absolute atomic E-state index is 14.0. The van der Waals surface area contributed by atoms with Crippen molar-refractivity contribution in [3.63, 3.8) is 0 Å². The van der Waals surface area contributed by atoms with E-state index in [0.717, 1.165) is 46.9 Å². The predicted molar refractivity (Wildman–Crippen MR) is 198 cm³/mol. The Morgan fingerprint density at radius 3 is 2.26 bits per heavy atom. The normalized spacial score (nSPS) is 13.1. The van der Waals surface area contributed by atoms with Crippen molar-refractivity contribution in [2.45, 2.75) is 51.0 Å². The first-order valence-corrected chi connectivity index (χ1v) is 17.1. The molecule has 5 aromatic rings. The average Bonchev–Trinajstić information content (AvgIpc) is 3.59. The zero-order chi connectivity index (χ0) is 38.7. The quantitative estimate of drug-likeness (QED) is 0.110. The topological polar surface area (TPSA) is 139 Å². The van der Waals surface area contributed by atoms with Crippen LogP contribution in [0.3, 0.4) is 0 Å².